The first-order valence-corrected chi connectivity index (χ1v) is 12.7. The van der Waals surface area contributed by atoms with Crippen molar-refractivity contribution in [2.75, 3.05) is 26.1 Å². The van der Waals surface area contributed by atoms with Gasteiger partial charge in [0.05, 0.1) is 23.4 Å². The van der Waals surface area contributed by atoms with Crippen molar-refractivity contribution in [2.24, 2.45) is 5.41 Å². The van der Waals surface area contributed by atoms with Gasteiger partial charge in [-0.25, -0.2) is 8.42 Å². The summed E-state index contributed by atoms with van der Waals surface area (Å²) in [7, 11) is -2.03. The van der Waals surface area contributed by atoms with Gasteiger partial charge in [0.2, 0.25) is 0 Å². The van der Waals surface area contributed by atoms with Crippen LogP contribution in [-0.4, -0.2) is 45.7 Å². The van der Waals surface area contributed by atoms with Gasteiger partial charge in [0.25, 0.3) is 0 Å². The molecule has 1 heterocycles. The van der Waals surface area contributed by atoms with Crippen molar-refractivity contribution in [3.8, 4) is 5.75 Å². The Morgan fingerprint density at radius 2 is 1.84 bits per heavy atom. The molecule has 2 aromatic rings. The quantitative estimate of drug-likeness (QED) is 0.571. The number of sulfone groups is 1. The first kappa shape index (κ1) is 23.8. The number of methoxy groups -OCH3 is 1. The van der Waals surface area contributed by atoms with E-state index in [4.69, 9.17) is 9.47 Å². The normalized spacial score (nSPS) is 24.9. The molecule has 0 spiro atoms. The predicted molar refractivity (Wildman–Crippen MR) is 122 cm³/mol. The molecular formula is C25H34O5S. The monoisotopic (exact) mass is 446 g/mol. The molecule has 0 radical (unpaired) electrons. The molecule has 0 saturated heterocycles. The third-order valence-electron chi connectivity index (χ3n) is 6.52. The minimum absolute atomic E-state index is 0.0600. The second-order valence-electron chi connectivity index (χ2n) is 8.45. The van der Waals surface area contributed by atoms with Crippen molar-refractivity contribution in [3.63, 3.8) is 0 Å². The van der Waals surface area contributed by atoms with Gasteiger partial charge in [-0.3, -0.25) is 0 Å². The zero-order valence-corrected chi connectivity index (χ0v) is 19.5. The van der Waals surface area contributed by atoms with Crippen LogP contribution in [0.1, 0.15) is 56.6 Å². The summed E-state index contributed by atoms with van der Waals surface area (Å²) >= 11 is 0. The third-order valence-corrected chi connectivity index (χ3v) is 8.50. The van der Waals surface area contributed by atoms with Crippen LogP contribution in [0.25, 0.3) is 0 Å². The van der Waals surface area contributed by atoms with Crippen molar-refractivity contribution in [1.82, 2.24) is 0 Å². The molecule has 1 aliphatic heterocycles. The lowest BCUT2D eigenvalue weighted by molar-refractivity contribution is 0.0174. The van der Waals surface area contributed by atoms with Gasteiger partial charge in [0.15, 0.2) is 9.84 Å². The van der Waals surface area contributed by atoms with Crippen LogP contribution in [0, 0.1) is 5.41 Å². The number of fused-ring (bicyclic) bond motifs is 1. The molecule has 6 heteroatoms. The van der Waals surface area contributed by atoms with E-state index in [1.54, 1.807) is 19.2 Å². The molecule has 0 unspecified atom stereocenters. The summed E-state index contributed by atoms with van der Waals surface area (Å²) in [5, 5.41) is 11.7. The Morgan fingerprint density at radius 1 is 1.10 bits per heavy atom. The fraction of sp³-hybridized carbons (Fsp3) is 0.520. The van der Waals surface area contributed by atoms with Crippen LogP contribution in [-0.2, 0) is 14.6 Å². The van der Waals surface area contributed by atoms with Gasteiger partial charge >= 0.3 is 0 Å². The number of hydrogen-bond donors (Lipinski definition) is 1. The number of unbranched alkanes of at least 4 members (excludes halogenated alkanes) is 1. The average Bonchev–Trinajstić information content (AvgIpc) is 2.84. The molecule has 0 saturated carbocycles. The molecule has 0 amide bonds. The average molecular weight is 447 g/mol. The Balaban J connectivity index is 2.18. The van der Waals surface area contributed by atoms with E-state index in [-0.39, 0.29) is 10.6 Å². The summed E-state index contributed by atoms with van der Waals surface area (Å²) in [6, 6.07) is 15.0. The largest absolute Gasteiger partial charge is 0.491 e. The topological polar surface area (TPSA) is 72.8 Å². The van der Waals surface area contributed by atoms with Gasteiger partial charge in [-0.15, -0.1) is 0 Å². The molecule has 1 aliphatic rings. The summed E-state index contributed by atoms with van der Waals surface area (Å²) in [5.41, 5.74) is 0.867. The molecule has 2 aromatic carbocycles. The molecule has 1 N–H and O–H groups in total. The van der Waals surface area contributed by atoms with Crippen molar-refractivity contribution in [2.45, 2.75) is 56.4 Å². The van der Waals surface area contributed by atoms with E-state index in [0.29, 0.717) is 37.4 Å². The molecule has 0 aliphatic carbocycles. The number of benzene rings is 2. The summed E-state index contributed by atoms with van der Waals surface area (Å²) in [5.74, 6) is 0.0201. The Bertz CT molecular complexity index is 957. The molecule has 3 rings (SSSR count). The summed E-state index contributed by atoms with van der Waals surface area (Å²) in [6.45, 7) is 4.85. The van der Waals surface area contributed by atoms with E-state index in [2.05, 4.69) is 6.92 Å². The lowest BCUT2D eigenvalue weighted by atomic mass is 9.69. The van der Waals surface area contributed by atoms with E-state index >= 15 is 0 Å². The zero-order chi connectivity index (χ0) is 22.5. The number of ether oxygens (including phenoxy) is 2. The maximum atomic E-state index is 13.6. The first-order chi connectivity index (χ1) is 14.9. The molecule has 170 valence electrons. The van der Waals surface area contributed by atoms with Crippen LogP contribution < -0.4 is 4.74 Å². The summed E-state index contributed by atoms with van der Waals surface area (Å²) < 4.78 is 38.0. The molecule has 0 aromatic heterocycles. The van der Waals surface area contributed by atoms with E-state index in [1.165, 1.54) is 0 Å². The maximum Gasteiger partial charge on any atom is 0.179 e. The molecular weight excluding hydrogens is 412 g/mol. The van der Waals surface area contributed by atoms with Crippen molar-refractivity contribution >= 4 is 9.84 Å². The van der Waals surface area contributed by atoms with E-state index in [9.17, 15) is 13.5 Å². The summed E-state index contributed by atoms with van der Waals surface area (Å²) in [6.07, 6.45) is 2.30. The second kappa shape index (κ2) is 10.2. The molecule has 31 heavy (non-hydrogen) atoms. The zero-order valence-electron chi connectivity index (χ0n) is 18.7. The van der Waals surface area contributed by atoms with Gasteiger partial charge in [0.1, 0.15) is 12.4 Å². The highest BCUT2D eigenvalue weighted by atomic mass is 32.2. The smallest absolute Gasteiger partial charge is 0.179 e. The maximum absolute atomic E-state index is 13.6. The van der Waals surface area contributed by atoms with Gasteiger partial charge in [-0.2, -0.15) is 0 Å². The number of hydrogen-bond acceptors (Lipinski definition) is 5. The first-order valence-electron chi connectivity index (χ1n) is 11.1. The molecule has 0 fully saturated rings. The lowest BCUT2D eigenvalue weighted by Gasteiger charge is -2.39. The second-order valence-corrected chi connectivity index (χ2v) is 10.4. The van der Waals surface area contributed by atoms with E-state index < -0.39 is 27.3 Å². The fourth-order valence-corrected chi connectivity index (χ4v) is 6.98. The van der Waals surface area contributed by atoms with Crippen LogP contribution in [0.5, 0.6) is 5.75 Å². The van der Waals surface area contributed by atoms with Crippen molar-refractivity contribution in [1.29, 1.82) is 0 Å². The van der Waals surface area contributed by atoms with Crippen molar-refractivity contribution in [3.05, 3.63) is 59.7 Å². The highest BCUT2D eigenvalue weighted by Crippen LogP contribution is 2.49. The predicted octanol–water partition coefficient (Wildman–Crippen LogP) is 4.58. The van der Waals surface area contributed by atoms with Crippen LogP contribution in [0.3, 0.4) is 0 Å². The Morgan fingerprint density at radius 3 is 2.48 bits per heavy atom. The Hall–Kier alpha value is -1.89. The Kier molecular flexibility index (Phi) is 7.78. The van der Waals surface area contributed by atoms with Crippen LogP contribution in [0.15, 0.2) is 53.4 Å². The highest BCUT2D eigenvalue weighted by Gasteiger charge is 2.48. The van der Waals surface area contributed by atoms with Gasteiger partial charge < -0.3 is 14.6 Å². The fourth-order valence-electron chi connectivity index (χ4n) is 4.70. The lowest BCUT2D eigenvalue weighted by Crippen LogP contribution is -2.42. The van der Waals surface area contributed by atoms with Crippen LogP contribution in [0.4, 0.5) is 0 Å². The van der Waals surface area contributed by atoms with Crippen molar-refractivity contribution < 1.29 is 23.0 Å². The molecule has 3 atom stereocenters. The number of rotatable bonds is 9. The number of aliphatic hydroxyl groups excluding tert-OH is 1. The minimum atomic E-state index is -3.63. The SMILES string of the molecule is CCCC[C@]1(CC)CS(=O)(=O)c2cc(OCCOC)ccc2[C@@H](c2ccccc2)[C@H]1O. The molecule has 0 bridgehead atoms. The Labute approximate surface area is 186 Å². The van der Waals surface area contributed by atoms with Gasteiger partial charge in [-0.05, 0) is 36.1 Å². The van der Waals surface area contributed by atoms with Crippen LogP contribution in [0.2, 0.25) is 0 Å². The third kappa shape index (κ3) is 4.97. The minimum Gasteiger partial charge on any atom is -0.491 e. The molecule has 5 nitrogen and oxygen atoms in total. The standard InChI is InChI=1S/C25H34O5S/c1-4-6-14-25(5-2)18-31(27,28)22-17-20(30-16-15-29-3)12-13-21(22)23(24(25)26)19-10-8-7-9-11-19/h7-13,17,23-24,26H,4-6,14-16,18H2,1-3H3/t23-,24-,25-/m1/s1. The number of aliphatic hydroxyl groups is 1. The van der Waals surface area contributed by atoms with E-state index in [0.717, 1.165) is 18.4 Å². The highest BCUT2D eigenvalue weighted by molar-refractivity contribution is 7.91. The van der Waals surface area contributed by atoms with Gasteiger partial charge in [-0.1, -0.05) is 63.1 Å². The van der Waals surface area contributed by atoms with Gasteiger partial charge in [0, 0.05) is 18.4 Å². The summed E-state index contributed by atoms with van der Waals surface area (Å²) in [4.78, 5) is 0.266. The van der Waals surface area contributed by atoms with Crippen LogP contribution >= 0.6 is 0 Å². The van der Waals surface area contributed by atoms with E-state index in [1.807, 2.05) is 43.3 Å².